The molecule has 0 spiro atoms. The number of benzene rings is 3. The normalized spacial score (nSPS) is 19.0. The number of fused-ring (bicyclic) bond motifs is 1. The highest BCUT2D eigenvalue weighted by Gasteiger charge is 2.30. The number of carbonyl (C=O) groups excluding carboxylic acids is 1. The van der Waals surface area contributed by atoms with Gasteiger partial charge in [-0.2, -0.15) is 0 Å². The molecule has 6 rings (SSSR count). The highest BCUT2D eigenvalue weighted by molar-refractivity contribution is 7.22. The average molecular weight is 615 g/mol. The zero-order valence-corrected chi connectivity index (χ0v) is 26.7. The number of methoxy groups -OCH3 is 1. The van der Waals surface area contributed by atoms with Crippen molar-refractivity contribution in [2.45, 2.75) is 50.7 Å². The van der Waals surface area contributed by atoms with Crippen molar-refractivity contribution in [2.24, 2.45) is 0 Å². The van der Waals surface area contributed by atoms with Gasteiger partial charge in [0.15, 0.2) is 17.3 Å². The summed E-state index contributed by atoms with van der Waals surface area (Å²) in [6.07, 6.45) is 7.05. The smallest absolute Gasteiger partial charge is 0.195 e. The molecule has 4 aromatic rings. The topological polar surface area (TPSA) is 71.5 Å². The first kappa shape index (κ1) is 30.4. The van der Waals surface area contributed by atoms with Crippen LogP contribution in [0.1, 0.15) is 54.4 Å². The quantitative estimate of drug-likeness (QED) is 0.179. The van der Waals surface area contributed by atoms with Gasteiger partial charge in [-0.3, -0.25) is 9.69 Å². The lowest BCUT2D eigenvalue weighted by atomic mass is 9.91. The summed E-state index contributed by atoms with van der Waals surface area (Å²) in [5.41, 5.74) is 2.07. The molecule has 1 aromatic heterocycles. The molecule has 2 atom stereocenters. The minimum atomic E-state index is -0.100. The van der Waals surface area contributed by atoms with E-state index in [1.54, 1.807) is 25.3 Å². The molecule has 2 aliphatic rings. The lowest BCUT2D eigenvalue weighted by molar-refractivity contribution is 0.0601. The molecule has 0 bridgehead atoms. The number of phenolic OH excluding ortho intramolecular Hbond substituents is 1. The summed E-state index contributed by atoms with van der Waals surface area (Å²) >= 11 is 1.51. The number of hydrogen-bond acceptors (Lipinski definition) is 8. The summed E-state index contributed by atoms with van der Waals surface area (Å²) in [5.74, 6) is 2.09. The van der Waals surface area contributed by atoms with E-state index in [1.807, 2.05) is 42.5 Å². The van der Waals surface area contributed by atoms with E-state index in [0.717, 1.165) is 65.2 Å². The zero-order valence-electron chi connectivity index (χ0n) is 25.9. The number of likely N-dealkylation sites (tertiary alicyclic amines) is 1. The van der Waals surface area contributed by atoms with Gasteiger partial charge in [-0.05, 0) is 126 Å². The third-order valence-electron chi connectivity index (χ3n) is 8.93. The number of hydrogen-bond donors (Lipinski definition) is 1. The minimum Gasteiger partial charge on any atom is -0.508 e. The second-order valence-corrected chi connectivity index (χ2v) is 13.1. The standard InChI is InChI=1S/C36H42N2O5S/c1-37(2)29-8-4-5-9-30(29)43-31-17-12-25(22-32(31)41-3)35(40)34-28-16-13-26(39)23-33(28)44-36(34)24-10-14-27(15-11-24)42-21-20-38-18-6-7-19-38/h10-17,22-23,29-30,39H,4-9,18-21H2,1-3H3/t29-,30-/m0/s1. The van der Waals surface area contributed by atoms with Crippen LogP contribution in [0, 0.1) is 0 Å². The van der Waals surface area contributed by atoms with E-state index in [-0.39, 0.29) is 17.6 Å². The predicted octanol–water partition coefficient (Wildman–Crippen LogP) is 7.24. The van der Waals surface area contributed by atoms with Crippen molar-refractivity contribution in [2.75, 3.05) is 47.4 Å². The van der Waals surface area contributed by atoms with Crippen molar-refractivity contribution >= 4 is 27.2 Å². The molecule has 0 unspecified atom stereocenters. The van der Waals surface area contributed by atoms with Crippen LogP contribution in [0.2, 0.25) is 0 Å². The zero-order chi connectivity index (χ0) is 30.6. The number of phenols is 1. The van der Waals surface area contributed by atoms with Gasteiger partial charge in [0.25, 0.3) is 0 Å². The Balaban J connectivity index is 1.27. The van der Waals surface area contributed by atoms with E-state index in [4.69, 9.17) is 14.2 Å². The maximum atomic E-state index is 14.3. The van der Waals surface area contributed by atoms with Gasteiger partial charge in [-0.15, -0.1) is 11.3 Å². The van der Waals surface area contributed by atoms with Crippen molar-refractivity contribution in [1.29, 1.82) is 0 Å². The van der Waals surface area contributed by atoms with Gasteiger partial charge in [-0.25, -0.2) is 0 Å². The summed E-state index contributed by atoms with van der Waals surface area (Å²) in [4.78, 5) is 19.8. The third-order valence-corrected chi connectivity index (χ3v) is 10.1. The van der Waals surface area contributed by atoms with Crippen LogP contribution in [0.15, 0.2) is 60.7 Å². The van der Waals surface area contributed by atoms with Crippen LogP contribution < -0.4 is 14.2 Å². The van der Waals surface area contributed by atoms with Crippen LogP contribution in [0.4, 0.5) is 0 Å². The molecule has 1 saturated carbocycles. The second kappa shape index (κ2) is 13.6. The summed E-state index contributed by atoms with van der Waals surface area (Å²) in [6.45, 7) is 3.90. The lowest BCUT2D eigenvalue weighted by Crippen LogP contribution is -2.44. The molecular formula is C36H42N2O5S. The maximum absolute atomic E-state index is 14.3. The molecule has 0 amide bonds. The molecule has 2 heterocycles. The van der Waals surface area contributed by atoms with Gasteiger partial charge in [0.05, 0.1) is 7.11 Å². The van der Waals surface area contributed by atoms with Crippen LogP contribution in [-0.2, 0) is 0 Å². The first-order chi connectivity index (χ1) is 21.4. The van der Waals surface area contributed by atoms with Gasteiger partial charge >= 0.3 is 0 Å². The molecule has 3 aromatic carbocycles. The highest BCUT2D eigenvalue weighted by Crippen LogP contribution is 2.42. The van der Waals surface area contributed by atoms with Crippen molar-refractivity contribution in [3.8, 4) is 33.4 Å². The summed E-state index contributed by atoms with van der Waals surface area (Å²) in [5, 5.41) is 11.0. The number of rotatable bonds is 11. The van der Waals surface area contributed by atoms with Crippen LogP contribution >= 0.6 is 11.3 Å². The number of ketones is 1. The summed E-state index contributed by atoms with van der Waals surface area (Å²) in [7, 11) is 5.82. The Hall–Kier alpha value is -3.59. The van der Waals surface area contributed by atoms with E-state index in [0.29, 0.717) is 35.3 Å². The minimum absolute atomic E-state index is 0.0708. The molecule has 7 nitrogen and oxygen atoms in total. The second-order valence-electron chi connectivity index (χ2n) is 12.1. The molecule has 1 N–H and O–H groups in total. The van der Waals surface area contributed by atoms with Crippen LogP contribution in [0.25, 0.3) is 20.5 Å². The van der Waals surface area contributed by atoms with Crippen molar-refractivity contribution < 1.29 is 24.1 Å². The van der Waals surface area contributed by atoms with E-state index in [2.05, 4.69) is 23.9 Å². The average Bonchev–Trinajstić information content (AvgIpc) is 3.69. The van der Waals surface area contributed by atoms with E-state index in [9.17, 15) is 9.90 Å². The molecule has 1 aliphatic carbocycles. The molecule has 232 valence electrons. The predicted molar refractivity (Wildman–Crippen MR) is 177 cm³/mol. The van der Waals surface area contributed by atoms with Crippen LogP contribution in [0.5, 0.6) is 23.0 Å². The van der Waals surface area contributed by atoms with Gasteiger partial charge in [0.2, 0.25) is 0 Å². The lowest BCUT2D eigenvalue weighted by Gasteiger charge is -2.36. The van der Waals surface area contributed by atoms with E-state index < -0.39 is 0 Å². The Bertz CT molecular complexity index is 1590. The van der Waals surface area contributed by atoms with Gasteiger partial charge < -0.3 is 24.2 Å². The molecular weight excluding hydrogens is 572 g/mol. The number of likely N-dealkylation sites (N-methyl/N-ethyl adjacent to an activating group) is 1. The number of nitrogens with zero attached hydrogens (tertiary/aromatic N) is 2. The fourth-order valence-corrected chi connectivity index (χ4v) is 7.77. The van der Waals surface area contributed by atoms with Gasteiger partial charge in [0, 0.05) is 38.7 Å². The largest absolute Gasteiger partial charge is 0.508 e. The maximum Gasteiger partial charge on any atom is 0.195 e. The van der Waals surface area contributed by atoms with Gasteiger partial charge in [0.1, 0.15) is 24.2 Å². The van der Waals surface area contributed by atoms with E-state index in [1.165, 1.54) is 30.6 Å². The van der Waals surface area contributed by atoms with Crippen LogP contribution in [0.3, 0.4) is 0 Å². The first-order valence-electron chi connectivity index (χ1n) is 15.7. The van der Waals surface area contributed by atoms with Crippen LogP contribution in [-0.4, -0.2) is 80.3 Å². The SMILES string of the molecule is COc1cc(C(=O)c2c(-c3ccc(OCCN4CCCC4)cc3)sc3cc(O)ccc23)ccc1O[C@H]1CCCC[C@@H]1N(C)C. The summed E-state index contributed by atoms with van der Waals surface area (Å²) in [6, 6.07) is 19.0. The fourth-order valence-electron chi connectivity index (χ4n) is 6.53. The van der Waals surface area contributed by atoms with Crippen molar-refractivity contribution in [3.63, 3.8) is 0 Å². The summed E-state index contributed by atoms with van der Waals surface area (Å²) < 4.78 is 19.1. The number of thiophene rings is 1. The molecule has 44 heavy (non-hydrogen) atoms. The Morgan fingerprint density at radius 2 is 1.73 bits per heavy atom. The highest BCUT2D eigenvalue weighted by atomic mass is 32.1. The molecule has 0 radical (unpaired) electrons. The fraction of sp³-hybridized carbons (Fsp3) is 0.417. The third kappa shape index (κ3) is 6.58. The Kier molecular flexibility index (Phi) is 9.40. The number of carbonyl (C=O) groups is 1. The van der Waals surface area contributed by atoms with E-state index >= 15 is 0 Å². The molecule has 8 heteroatoms. The Morgan fingerprint density at radius 3 is 2.48 bits per heavy atom. The van der Waals surface area contributed by atoms with Crippen molar-refractivity contribution in [3.05, 3.63) is 71.8 Å². The number of ether oxygens (including phenoxy) is 3. The molecule has 2 fully saturated rings. The monoisotopic (exact) mass is 614 g/mol. The van der Waals surface area contributed by atoms with Gasteiger partial charge in [-0.1, -0.05) is 6.42 Å². The molecule has 1 saturated heterocycles. The molecule has 1 aliphatic heterocycles. The number of aromatic hydroxyl groups is 1. The van der Waals surface area contributed by atoms with Crippen molar-refractivity contribution in [1.82, 2.24) is 9.80 Å². The first-order valence-corrected chi connectivity index (χ1v) is 16.5. The Morgan fingerprint density at radius 1 is 0.955 bits per heavy atom. The Labute approximate surface area is 264 Å².